The third-order valence-electron chi connectivity index (χ3n) is 3.25. The van der Waals surface area contributed by atoms with Crippen LogP contribution in [0, 0.1) is 0 Å². The van der Waals surface area contributed by atoms with E-state index in [2.05, 4.69) is 5.32 Å². The van der Waals surface area contributed by atoms with Crippen LogP contribution in [0.1, 0.15) is 30.4 Å². The smallest absolute Gasteiger partial charge is 0.224 e. The minimum absolute atomic E-state index is 0.0172. The maximum Gasteiger partial charge on any atom is 0.224 e. The summed E-state index contributed by atoms with van der Waals surface area (Å²) in [6, 6.07) is 17.2. The van der Waals surface area contributed by atoms with Crippen molar-refractivity contribution in [1.29, 1.82) is 0 Å². The van der Waals surface area contributed by atoms with Gasteiger partial charge in [0.25, 0.3) is 0 Å². The molecule has 3 nitrogen and oxygen atoms in total. The number of rotatable bonds is 5. The van der Waals surface area contributed by atoms with Crippen molar-refractivity contribution < 1.29 is 9.90 Å². The van der Waals surface area contributed by atoms with Gasteiger partial charge in [0.05, 0.1) is 6.61 Å². The van der Waals surface area contributed by atoms with E-state index >= 15 is 0 Å². The van der Waals surface area contributed by atoms with Crippen LogP contribution < -0.4 is 5.32 Å². The number of aliphatic hydroxyl groups excluding tert-OH is 1. The van der Waals surface area contributed by atoms with Crippen molar-refractivity contribution in [2.24, 2.45) is 0 Å². The molecule has 0 aliphatic carbocycles. The first-order valence-corrected chi connectivity index (χ1v) is 6.73. The molecule has 0 aliphatic heterocycles. The maximum absolute atomic E-state index is 12.0. The van der Waals surface area contributed by atoms with E-state index < -0.39 is 0 Å². The van der Waals surface area contributed by atoms with Gasteiger partial charge in [0, 0.05) is 12.1 Å². The molecule has 0 aliphatic rings. The number of hydrogen-bond donors (Lipinski definition) is 2. The average Bonchev–Trinajstić information content (AvgIpc) is 2.48. The van der Waals surface area contributed by atoms with Crippen molar-refractivity contribution in [3.63, 3.8) is 0 Å². The number of anilines is 1. The fourth-order valence-corrected chi connectivity index (χ4v) is 2.14. The highest BCUT2D eigenvalue weighted by atomic mass is 16.3. The predicted molar refractivity (Wildman–Crippen MR) is 80.5 cm³/mol. The van der Waals surface area contributed by atoms with Crippen LogP contribution in [0.2, 0.25) is 0 Å². The van der Waals surface area contributed by atoms with Crippen LogP contribution in [0.4, 0.5) is 5.69 Å². The number of carbonyl (C=O) groups excluding carboxylic acids is 1. The third-order valence-corrected chi connectivity index (χ3v) is 3.25. The second-order valence-corrected chi connectivity index (χ2v) is 4.92. The van der Waals surface area contributed by atoms with E-state index in [1.54, 1.807) is 6.07 Å². The molecule has 0 bridgehead atoms. The van der Waals surface area contributed by atoms with E-state index in [0.717, 1.165) is 16.8 Å². The van der Waals surface area contributed by atoms with Crippen LogP contribution >= 0.6 is 0 Å². The summed E-state index contributed by atoms with van der Waals surface area (Å²) >= 11 is 0. The molecule has 0 spiro atoms. The lowest BCUT2D eigenvalue weighted by molar-refractivity contribution is -0.116. The number of aliphatic hydroxyl groups is 1. The van der Waals surface area contributed by atoms with E-state index in [1.807, 2.05) is 55.5 Å². The van der Waals surface area contributed by atoms with Gasteiger partial charge in [-0.1, -0.05) is 49.4 Å². The van der Waals surface area contributed by atoms with Crippen molar-refractivity contribution in [3.8, 4) is 0 Å². The Hall–Kier alpha value is -2.13. The molecule has 0 aromatic heterocycles. The normalized spacial score (nSPS) is 11.9. The monoisotopic (exact) mass is 269 g/mol. The summed E-state index contributed by atoms with van der Waals surface area (Å²) in [5, 5.41) is 11.9. The Bertz CT molecular complexity index is 566. The first-order chi connectivity index (χ1) is 9.69. The molecule has 1 atom stereocenters. The molecule has 1 unspecified atom stereocenters. The molecular formula is C17H19NO2. The molecule has 0 fully saturated rings. The summed E-state index contributed by atoms with van der Waals surface area (Å²) in [4.78, 5) is 12.0. The van der Waals surface area contributed by atoms with E-state index in [4.69, 9.17) is 5.11 Å². The van der Waals surface area contributed by atoms with Crippen LogP contribution in [0.5, 0.6) is 0 Å². The summed E-state index contributed by atoms with van der Waals surface area (Å²) < 4.78 is 0. The molecule has 104 valence electrons. The van der Waals surface area contributed by atoms with Crippen LogP contribution in [0.3, 0.4) is 0 Å². The Morgan fingerprint density at radius 3 is 2.60 bits per heavy atom. The lowest BCUT2D eigenvalue weighted by Gasteiger charge is -2.12. The first kappa shape index (κ1) is 14.3. The first-order valence-electron chi connectivity index (χ1n) is 6.73. The predicted octanol–water partition coefficient (Wildman–Crippen LogP) is 3.31. The van der Waals surface area contributed by atoms with E-state index in [1.165, 1.54) is 0 Å². The van der Waals surface area contributed by atoms with Gasteiger partial charge in [0.1, 0.15) is 0 Å². The van der Waals surface area contributed by atoms with Crippen molar-refractivity contribution in [3.05, 3.63) is 65.7 Å². The molecule has 1 amide bonds. The van der Waals surface area contributed by atoms with Crippen LogP contribution in [0.25, 0.3) is 0 Å². The van der Waals surface area contributed by atoms with Crippen molar-refractivity contribution in [2.45, 2.75) is 25.9 Å². The fourth-order valence-electron chi connectivity index (χ4n) is 2.14. The largest absolute Gasteiger partial charge is 0.392 e. The Morgan fingerprint density at radius 2 is 1.90 bits per heavy atom. The number of hydrogen-bond acceptors (Lipinski definition) is 2. The lowest BCUT2D eigenvalue weighted by atomic mass is 9.97. The summed E-state index contributed by atoms with van der Waals surface area (Å²) in [5.41, 5.74) is 2.67. The lowest BCUT2D eigenvalue weighted by Crippen LogP contribution is -2.14. The highest BCUT2D eigenvalue weighted by Crippen LogP contribution is 2.19. The van der Waals surface area contributed by atoms with Gasteiger partial charge in [-0.15, -0.1) is 0 Å². The van der Waals surface area contributed by atoms with Gasteiger partial charge in [-0.05, 0) is 29.2 Å². The third kappa shape index (κ3) is 3.93. The standard InChI is InChI=1S/C17H19NO2/c1-13(15-7-3-2-4-8-15)10-17(20)18-16-9-5-6-14(11-16)12-19/h2-9,11,13,19H,10,12H2,1H3,(H,18,20). The molecule has 20 heavy (non-hydrogen) atoms. The van der Waals surface area contributed by atoms with Gasteiger partial charge in [-0.25, -0.2) is 0 Å². The van der Waals surface area contributed by atoms with E-state index in [0.29, 0.717) is 6.42 Å². The summed E-state index contributed by atoms with van der Waals surface area (Å²) in [5.74, 6) is 0.161. The molecule has 0 saturated heterocycles. The Labute approximate surface area is 119 Å². The van der Waals surface area contributed by atoms with E-state index in [-0.39, 0.29) is 18.4 Å². The minimum Gasteiger partial charge on any atom is -0.392 e. The molecular weight excluding hydrogens is 250 g/mol. The average molecular weight is 269 g/mol. The second kappa shape index (κ2) is 6.87. The van der Waals surface area contributed by atoms with E-state index in [9.17, 15) is 4.79 Å². The number of amides is 1. The molecule has 0 heterocycles. The number of benzene rings is 2. The minimum atomic E-state index is -0.0237. The van der Waals surface area contributed by atoms with Crippen molar-refractivity contribution in [2.75, 3.05) is 5.32 Å². The van der Waals surface area contributed by atoms with Crippen LogP contribution in [-0.2, 0) is 11.4 Å². The zero-order valence-corrected chi connectivity index (χ0v) is 11.5. The van der Waals surface area contributed by atoms with Gasteiger partial charge in [0.2, 0.25) is 5.91 Å². The Morgan fingerprint density at radius 1 is 1.15 bits per heavy atom. The Balaban J connectivity index is 1.95. The van der Waals surface area contributed by atoms with Crippen LogP contribution in [0.15, 0.2) is 54.6 Å². The zero-order chi connectivity index (χ0) is 14.4. The molecule has 2 rings (SSSR count). The fraction of sp³-hybridized carbons (Fsp3) is 0.235. The molecule has 0 saturated carbocycles. The molecule has 3 heteroatoms. The highest BCUT2D eigenvalue weighted by molar-refractivity contribution is 5.91. The van der Waals surface area contributed by atoms with Gasteiger partial charge in [0.15, 0.2) is 0 Å². The SMILES string of the molecule is CC(CC(=O)Nc1cccc(CO)c1)c1ccccc1. The Kier molecular flexibility index (Phi) is 4.91. The van der Waals surface area contributed by atoms with Gasteiger partial charge < -0.3 is 10.4 Å². The highest BCUT2D eigenvalue weighted by Gasteiger charge is 2.11. The zero-order valence-electron chi connectivity index (χ0n) is 11.5. The summed E-state index contributed by atoms with van der Waals surface area (Å²) in [6.07, 6.45) is 0.438. The summed E-state index contributed by atoms with van der Waals surface area (Å²) in [7, 11) is 0. The van der Waals surface area contributed by atoms with Crippen molar-refractivity contribution >= 4 is 11.6 Å². The number of nitrogens with one attached hydrogen (secondary N) is 1. The van der Waals surface area contributed by atoms with Gasteiger partial charge in [-0.3, -0.25) is 4.79 Å². The van der Waals surface area contributed by atoms with Crippen molar-refractivity contribution in [1.82, 2.24) is 0 Å². The molecule has 2 aromatic carbocycles. The summed E-state index contributed by atoms with van der Waals surface area (Å²) in [6.45, 7) is 2.02. The van der Waals surface area contributed by atoms with Gasteiger partial charge in [-0.2, -0.15) is 0 Å². The van der Waals surface area contributed by atoms with Crippen LogP contribution in [-0.4, -0.2) is 11.0 Å². The quantitative estimate of drug-likeness (QED) is 0.875. The molecule has 2 N–H and O–H groups in total. The topological polar surface area (TPSA) is 49.3 Å². The molecule has 2 aromatic rings. The molecule has 0 radical (unpaired) electrons. The maximum atomic E-state index is 12.0. The van der Waals surface area contributed by atoms with Gasteiger partial charge >= 0.3 is 0 Å². The number of carbonyl (C=O) groups is 1. The second-order valence-electron chi connectivity index (χ2n) is 4.92.